The van der Waals surface area contributed by atoms with Crippen molar-refractivity contribution in [3.05, 3.63) is 28.1 Å². The molecule has 2 aliphatic rings. The summed E-state index contributed by atoms with van der Waals surface area (Å²) in [5.41, 5.74) is 0.206. The normalized spacial score (nSPS) is 27.0. The molecule has 0 aromatic carbocycles. The molecule has 0 spiro atoms. The lowest BCUT2D eigenvalue weighted by Crippen LogP contribution is -2.48. The highest BCUT2D eigenvalue weighted by Gasteiger charge is 2.36. The Morgan fingerprint density at radius 1 is 1.38 bits per heavy atom. The molecule has 3 rings (SSSR count). The molecule has 21 heavy (non-hydrogen) atoms. The Morgan fingerprint density at radius 2 is 2.00 bits per heavy atom. The first kappa shape index (κ1) is 15.8. The molecule has 0 aliphatic carbocycles. The highest BCUT2D eigenvalue weighted by atomic mass is 35.5. The zero-order chi connectivity index (χ0) is 14.3. The molecule has 2 unspecified atom stereocenters. The Bertz CT molecular complexity index is 535. The molecular formula is C13H19ClN4O3. The van der Waals surface area contributed by atoms with E-state index in [1.54, 1.807) is 11.9 Å². The fourth-order valence-electron chi connectivity index (χ4n) is 3.31. The van der Waals surface area contributed by atoms with Crippen LogP contribution in [0.3, 0.4) is 0 Å². The summed E-state index contributed by atoms with van der Waals surface area (Å²) >= 11 is 0. The van der Waals surface area contributed by atoms with Crippen LogP contribution < -0.4 is 5.32 Å². The average molecular weight is 315 g/mol. The first-order valence-electron chi connectivity index (χ1n) is 6.90. The molecule has 0 radical (unpaired) electrons. The van der Waals surface area contributed by atoms with Gasteiger partial charge in [-0.3, -0.25) is 14.9 Å². The van der Waals surface area contributed by atoms with Gasteiger partial charge in [-0.2, -0.15) is 0 Å². The lowest BCUT2D eigenvalue weighted by molar-refractivity contribution is -0.384. The number of rotatable bonds is 3. The molecule has 0 saturated carbocycles. The minimum atomic E-state index is -0.502. The van der Waals surface area contributed by atoms with Crippen molar-refractivity contribution in [3.63, 3.8) is 0 Å². The number of fused-ring (bicyclic) bond motifs is 2. The summed E-state index contributed by atoms with van der Waals surface area (Å²) in [7, 11) is 1.78. The van der Waals surface area contributed by atoms with Crippen molar-refractivity contribution in [1.82, 2.24) is 15.2 Å². The molecule has 2 fully saturated rings. The Hall–Kier alpha value is -1.60. The van der Waals surface area contributed by atoms with Gasteiger partial charge >= 0.3 is 0 Å². The number of nitrogens with one attached hydrogen (secondary N) is 2. The summed E-state index contributed by atoms with van der Waals surface area (Å²) in [6.07, 6.45) is 5.53. The van der Waals surface area contributed by atoms with Crippen LogP contribution in [-0.4, -0.2) is 45.9 Å². The van der Waals surface area contributed by atoms with E-state index in [4.69, 9.17) is 0 Å². The number of piperidine rings is 1. The van der Waals surface area contributed by atoms with Gasteiger partial charge in [-0.05, 0) is 25.7 Å². The summed E-state index contributed by atoms with van der Waals surface area (Å²) in [5.74, 6) is -0.176. The van der Waals surface area contributed by atoms with Crippen LogP contribution in [0.5, 0.6) is 0 Å². The van der Waals surface area contributed by atoms with Gasteiger partial charge in [0.2, 0.25) is 0 Å². The van der Waals surface area contributed by atoms with Crippen molar-refractivity contribution in [2.75, 3.05) is 7.05 Å². The SMILES string of the molecule is CN(C(=O)c1cc([N+](=O)[O-])c[nH]1)C1CC2CCC(C1)N2.Cl. The fourth-order valence-corrected chi connectivity index (χ4v) is 3.31. The van der Waals surface area contributed by atoms with E-state index in [0.717, 1.165) is 12.8 Å². The van der Waals surface area contributed by atoms with E-state index in [1.165, 1.54) is 25.1 Å². The maximum absolute atomic E-state index is 12.4. The van der Waals surface area contributed by atoms with E-state index in [1.807, 2.05) is 0 Å². The fraction of sp³-hybridized carbons (Fsp3) is 0.615. The molecule has 2 N–H and O–H groups in total. The van der Waals surface area contributed by atoms with Crippen LogP contribution in [-0.2, 0) is 0 Å². The van der Waals surface area contributed by atoms with Gasteiger partial charge < -0.3 is 15.2 Å². The number of carbonyl (C=O) groups excluding carboxylic acids is 1. The van der Waals surface area contributed by atoms with E-state index in [9.17, 15) is 14.9 Å². The molecule has 2 aliphatic heterocycles. The van der Waals surface area contributed by atoms with Crippen molar-refractivity contribution in [2.24, 2.45) is 0 Å². The maximum atomic E-state index is 12.4. The van der Waals surface area contributed by atoms with Crippen molar-refractivity contribution in [1.29, 1.82) is 0 Å². The van der Waals surface area contributed by atoms with Gasteiger partial charge in [0.15, 0.2) is 0 Å². The quantitative estimate of drug-likeness (QED) is 0.656. The van der Waals surface area contributed by atoms with Crippen molar-refractivity contribution in [3.8, 4) is 0 Å². The number of nitro groups is 1. The maximum Gasteiger partial charge on any atom is 0.287 e. The third-order valence-electron chi connectivity index (χ3n) is 4.43. The Kier molecular flexibility index (Phi) is 4.53. The molecule has 3 heterocycles. The van der Waals surface area contributed by atoms with E-state index in [-0.39, 0.29) is 35.7 Å². The molecule has 116 valence electrons. The molecule has 1 aromatic heterocycles. The van der Waals surface area contributed by atoms with Crippen LogP contribution in [0.1, 0.15) is 36.2 Å². The molecule has 1 aromatic rings. The largest absolute Gasteiger partial charge is 0.351 e. The summed E-state index contributed by atoms with van der Waals surface area (Å²) in [6.45, 7) is 0. The number of halogens is 1. The first-order valence-corrected chi connectivity index (χ1v) is 6.90. The predicted molar refractivity (Wildman–Crippen MR) is 79.8 cm³/mol. The van der Waals surface area contributed by atoms with E-state index in [2.05, 4.69) is 10.3 Å². The van der Waals surface area contributed by atoms with Gasteiger partial charge in [0.25, 0.3) is 11.6 Å². The van der Waals surface area contributed by atoms with Crippen LogP contribution in [0.15, 0.2) is 12.3 Å². The van der Waals surface area contributed by atoms with E-state index < -0.39 is 4.92 Å². The minimum absolute atomic E-state index is 0. The number of nitrogens with zero attached hydrogens (tertiary/aromatic N) is 2. The highest BCUT2D eigenvalue weighted by molar-refractivity contribution is 5.93. The number of H-pyrrole nitrogens is 1. The Morgan fingerprint density at radius 3 is 2.52 bits per heavy atom. The van der Waals surface area contributed by atoms with Gasteiger partial charge in [-0.15, -0.1) is 12.4 Å². The Balaban J connectivity index is 0.00000161. The summed E-state index contributed by atoms with van der Waals surface area (Å²) < 4.78 is 0. The number of aromatic nitrogens is 1. The van der Waals surface area contributed by atoms with Crippen molar-refractivity contribution >= 4 is 24.0 Å². The highest BCUT2D eigenvalue weighted by Crippen LogP contribution is 2.29. The molecule has 2 saturated heterocycles. The summed E-state index contributed by atoms with van der Waals surface area (Å²) in [4.78, 5) is 26.9. The number of hydrogen-bond donors (Lipinski definition) is 2. The van der Waals surface area contributed by atoms with Gasteiger partial charge in [0.1, 0.15) is 5.69 Å². The number of amides is 1. The van der Waals surface area contributed by atoms with E-state index in [0.29, 0.717) is 12.1 Å². The summed E-state index contributed by atoms with van der Waals surface area (Å²) in [5, 5.41) is 14.2. The van der Waals surface area contributed by atoms with Gasteiger partial charge in [-0.1, -0.05) is 0 Å². The average Bonchev–Trinajstić information content (AvgIpc) is 3.04. The van der Waals surface area contributed by atoms with E-state index >= 15 is 0 Å². The second-order valence-electron chi connectivity index (χ2n) is 5.71. The first-order chi connectivity index (χ1) is 9.54. The van der Waals surface area contributed by atoms with Gasteiger partial charge in [0.05, 0.1) is 11.1 Å². The third-order valence-corrected chi connectivity index (χ3v) is 4.43. The standard InChI is InChI=1S/C13H18N4O3.ClH/c1-16(10-4-8-2-3-9(5-10)15-8)13(18)12-6-11(7-14-12)17(19)20;/h6-10,14-15H,2-5H2,1H3;1H. The van der Waals surface area contributed by atoms with Crippen LogP contribution in [0.4, 0.5) is 5.69 Å². The molecule has 8 heteroatoms. The summed E-state index contributed by atoms with van der Waals surface area (Å²) in [6, 6.07) is 2.52. The van der Waals surface area contributed by atoms with Crippen molar-refractivity contribution < 1.29 is 9.72 Å². The minimum Gasteiger partial charge on any atom is -0.351 e. The van der Waals surface area contributed by atoms with Crippen LogP contribution >= 0.6 is 12.4 Å². The van der Waals surface area contributed by atoms with Crippen LogP contribution in [0, 0.1) is 10.1 Å². The molecule has 2 bridgehead atoms. The molecular weight excluding hydrogens is 296 g/mol. The van der Waals surface area contributed by atoms with Crippen molar-refractivity contribution in [2.45, 2.75) is 43.8 Å². The Labute approximate surface area is 128 Å². The second-order valence-corrected chi connectivity index (χ2v) is 5.71. The van der Waals surface area contributed by atoms with Crippen LogP contribution in [0.25, 0.3) is 0 Å². The predicted octanol–water partition coefficient (Wildman–Crippen LogP) is 1.70. The molecule has 7 nitrogen and oxygen atoms in total. The van der Waals surface area contributed by atoms with Gasteiger partial charge in [0, 0.05) is 31.2 Å². The zero-order valence-corrected chi connectivity index (χ0v) is 12.6. The lowest BCUT2D eigenvalue weighted by atomic mass is 9.98. The monoisotopic (exact) mass is 314 g/mol. The lowest BCUT2D eigenvalue weighted by Gasteiger charge is -2.35. The smallest absolute Gasteiger partial charge is 0.287 e. The molecule has 2 atom stereocenters. The number of carbonyl (C=O) groups is 1. The number of aromatic amines is 1. The third kappa shape index (κ3) is 3.03. The zero-order valence-electron chi connectivity index (χ0n) is 11.7. The topological polar surface area (TPSA) is 91.3 Å². The molecule has 1 amide bonds. The van der Waals surface area contributed by atoms with Gasteiger partial charge in [-0.25, -0.2) is 0 Å². The number of hydrogen-bond acceptors (Lipinski definition) is 4. The van der Waals surface area contributed by atoms with Crippen LogP contribution in [0.2, 0.25) is 0 Å². The second kappa shape index (κ2) is 6.03.